The van der Waals surface area contributed by atoms with Gasteiger partial charge in [-0.1, -0.05) is 43.9 Å². The van der Waals surface area contributed by atoms with E-state index >= 15 is 0 Å². The van der Waals surface area contributed by atoms with Crippen LogP contribution in [0.15, 0.2) is 95.0 Å². The predicted molar refractivity (Wildman–Crippen MR) is 163 cm³/mol. The van der Waals surface area contributed by atoms with E-state index in [4.69, 9.17) is 9.84 Å². The Morgan fingerprint density at radius 1 is 0.950 bits per heavy atom. The Kier molecular flexibility index (Phi) is 6.73. The van der Waals surface area contributed by atoms with Gasteiger partial charge in [0.25, 0.3) is 0 Å². The number of anilines is 2. The Bertz CT molecular complexity index is 1810. The molecule has 0 bridgehead atoms. The first-order valence-corrected chi connectivity index (χ1v) is 14.4. The largest absolute Gasteiger partial charge is 0.497 e. The smallest absolute Gasteiger partial charge is 0.324 e. The van der Waals surface area contributed by atoms with Gasteiger partial charge in [0.15, 0.2) is 4.96 Å². The number of hydrogen-bond acceptors (Lipinski definition) is 6. The van der Waals surface area contributed by atoms with Gasteiger partial charge in [-0.2, -0.15) is 5.10 Å². The Labute approximate surface area is 240 Å². The average molecular weight is 569 g/mol. The van der Waals surface area contributed by atoms with E-state index < -0.39 is 0 Å². The van der Waals surface area contributed by atoms with Crippen molar-refractivity contribution in [1.29, 1.82) is 0 Å². The second-order valence-electron chi connectivity index (χ2n) is 10.3. The fraction of sp³-hybridized carbons (Fsp3) is 0.167. The van der Waals surface area contributed by atoms with Gasteiger partial charge in [0.1, 0.15) is 11.6 Å². The van der Waals surface area contributed by atoms with Crippen LogP contribution in [-0.4, -0.2) is 32.3 Å². The molecule has 0 unspecified atom stereocenters. The minimum absolute atomic E-state index is 0.184. The molecule has 0 atom stereocenters. The van der Waals surface area contributed by atoms with Crippen LogP contribution in [0, 0.1) is 0 Å². The average Bonchev–Trinajstić information content (AvgIpc) is 3.65. The summed E-state index contributed by atoms with van der Waals surface area (Å²) in [4.78, 5) is 20.6. The van der Waals surface area contributed by atoms with Crippen molar-refractivity contribution < 1.29 is 9.53 Å². The van der Waals surface area contributed by atoms with Crippen LogP contribution in [0.3, 0.4) is 0 Å². The van der Waals surface area contributed by atoms with Gasteiger partial charge in [0.2, 0.25) is 0 Å². The van der Waals surface area contributed by atoms with Crippen molar-refractivity contribution in [2.45, 2.75) is 36.0 Å². The molecular formula is C30H28N6O2S2. The number of thiazole rings is 1. The maximum Gasteiger partial charge on any atom is 0.324 e. The monoisotopic (exact) mass is 568 g/mol. The number of amides is 2. The summed E-state index contributed by atoms with van der Waals surface area (Å²) in [6.45, 7) is 6.27. The van der Waals surface area contributed by atoms with E-state index in [1.54, 1.807) is 34.9 Å². The number of benzene rings is 3. The van der Waals surface area contributed by atoms with Crippen molar-refractivity contribution in [1.82, 2.24) is 19.2 Å². The van der Waals surface area contributed by atoms with Gasteiger partial charge < -0.3 is 10.1 Å². The maximum atomic E-state index is 13.0. The van der Waals surface area contributed by atoms with Crippen LogP contribution in [0.1, 0.15) is 26.5 Å². The summed E-state index contributed by atoms with van der Waals surface area (Å²) < 4.78 is 10.3. The molecule has 0 spiro atoms. The molecule has 0 radical (unpaired) electrons. The summed E-state index contributed by atoms with van der Waals surface area (Å²) in [5, 5.41) is 10.7. The van der Waals surface area contributed by atoms with Crippen molar-refractivity contribution in [2.24, 2.45) is 0 Å². The molecule has 3 heterocycles. The van der Waals surface area contributed by atoms with E-state index in [1.807, 2.05) is 67.0 Å². The first-order chi connectivity index (χ1) is 19.3. The van der Waals surface area contributed by atoms with Crippen LogP contribution in [0.4, 0.5) is 16.3 Å². The zero-order chi connectivity index (χ0) is 27.9. The van der Waals surface area contributed by atoms with Gasteiger partial charge in [-0.25, -0.2) is 14.5 Å². The number of nitrogens with one attached hydrogen (secondary N) is 2. The predicted octanol–water partition coefficient (Wildman–Crippen LogP) is 7.84. The molecule has 2 N–H and O–H groups in total. The summed E-state index contributed by atoms with van der Waals surface area (Å²) in [6, 6.07) is 23.4. The lowest BCUT2D eigenvalue weighted by atomic mass is 9.92. The van der Waals surface area contributed by atoms with Crippen molar-refractivity contribution >= 4 is 55.8 Å². The number of methoxy groups -OCH3 is 1. The number of imidazole rings is 1. The molecule has 0 saturated heterocycles. The molecule has 8 nitrogen and oxygen atoms in total. The fourth-order valence-corrected chi connectivity index (χ4v) is 6.08. The van der Waals surface area contributed by atoms with Crippen molar-refractivity contribution in [3.63, 3.8) is 0 Å². The molecule has 0 fully saturated rings. The molecule has 0 aliphatic heterocycles. The SMILES string of the molecule is COc1ccc(-n2nc(C(C)(C)C)cc2NC(=O)Nc2ccc(Sc3ccc4sc5nccn5c4c3)cc2)cc1. The van der Waals surface area contributed by atoms with Crippen molar-refractivity contribution in [3.05, 3.63) is 90.9 Å². The summed E-state index contributed by atoms with van der Waals surface area (Å²) >= 11 is 3.36. The third-order valence-electron chi connectivity index (χ3n) is 6.38. The second-order valence-corrected chi connectivity index (χ2v) is 12.4. The van der Waals surface area contributed by atoms with Gasteiger partial charge in [-0.05, 0) is 66.7 Å². The molecule has 40 heavy (non-hydrogen) atoms. The van der Waals surface area contributed by atoms with Crippen LogP contribution >= 0.6 is 23.1 Å². The van der Waals surface area contributed by atoms with E-state index in [2.05, 4.69) is 59.0 Å². The maximum absolute atomic E-state index is 13.0. The topological polar surface area (TPSA) is 85.5 Å². The molecule has 0 aliphatic rings. The van der Waals surface area contributed by atoms with E-state index in [9.17, 15) is 4.79 Å². The molecule has 10 heteroatoms. The zero-order valence-corrected chi connectivity index (χ0v) is 24.1. The van der Waals surface area contributed by atoms with E-state index in [1.165, 1.54) is 4.70 Å². The van der Waals surface area contributed by atoms with E-state index in [0.29, 0.717) is 11.5 Å². The van der Waals surface area contributed by atoms with Gasteiger partial charge in [0.05, 0.1) is 28.7 Å². The molecule has 2 amide bonds. The summed E-state index contributed by atoms with van der Waals surface area (Å²) in [5.41, 5.74) is 3.36. The molecule has 3 aromatic heterocycles. The van der Waals surface area contributed by atoms with Gasteiger partial charge in [0, 0.05) is 39.4 Å². The van der Waals surface area contributed by atoms with Crippen LogP contribution < -0.4 is 15.4 Å². The lowest BCUT2D eigenvalue weighted by molar-refractivity contribution is 0.262. The highest BCUT2D eigenvalue weighted by Crippen LogP contribution is 2.34. The number of ether oxygens (including phenoxy) is 1. The number of fused-ring (bicyclic) bond motifs is 3. The summed E-state index contributed by atoms with van der Waals surface area (Å²) in [7, 11) is 1.63. The zero-order valence-electron chi connectivity index (χ0n) is 22.5. The fourth-order valence-electron chi connectivity index (χ4n) is 4.26. The first kappa shape index (κ1) is 26.0. The number of nitrogens with zero attached hydrogens (tertiary/aromatic N) is 4. The number of hydrogen-bond donors (Lipinski definition) is 2. The third kappa shape index (κ3) is 5.28. The minimum atomic E-state index is -0.345. The Morgan fingerprint density at radius 2 is 1.70 bits per heavy atom. The number of aromatic nitrogens is 4. The van der Waals surface area contributed by atoms with Crippen LogP contribution in [0.2, 0.25) is 0 Å². The van der Waals surface area contributed by atoms with Crippen LogP contribution in [-0.2, 0) is 5.41 Å². The first-order valence-electron chi connectivity index (χ1n) is 12.7. The minimum Gasteiger partial charge on any atom is -0.497 e. The molecular weight excluding hydrogens is 541 g/mol. The van der Waals surface area contributed by atoms with Gasteiger partial charge in [-0.3, -0.25) is 9.72 Å². The Balaban J connectivity index is 1.16. The second kappa shape index (κ2) is 10.4. The Morgan fingerprint density at radius 3 is 2.42 bits per heavy atom. The van der Waals surface area contributed by atoms with E-state index in [0.717, 1.165) is 37.4 Å². The molecule has 6 aromatic rings. The molecule has 0 saturated carbocycles. The molecule has 202 valence electrons. The van der Waals surface area contributed by atoms with Crippen molar-refractivity contribution in [3.8, 4) is 11.4 Å². The number of rotatable bonds is 6. The van der Waals surface area contributed by atoms with Crippen molar-refractivity contribution in [2.75, 3.05) is 17.7 Å². The van der Waals surface area contributed by atoms with Crippen LogP contribution in [0.5, 0.6) is 5.75 Å². The molecule has 6 rings (SSSR count). The summed E-state index contributed by atoms with van der Waals surface area (Å²) in [5.74, 6) is 1.33. The normalized spacial score (nSPS) is 11.7. The quantitative estimate of drug-likeness (QED) is 0.214. The summed E-state index contributed by atoms with van der Waals surface area (Å²) in [6.07, 6.45) is 3.81. The lowest BCUT2D eigenvalue weighted by Gasteiger charge is -2.14. The third-order valence-corrected chi connectivity index (χ3v) is 8.43. The standard InChI is InChI=1S/C30H28N6O2S2/c1-30(2,3)26-18-27(36(34-26)20-7-9-21(38-4)10-8-20)33-28(37)32-19-5-11-22(12-6-19)39-23-13-14-25-24(17-23)35-16-15-31-29(35)40-25/h5-18H,1-4H3,(H2,32,33,37). The lowest BCUT2D eigenvalue weighted by Crippen LogP contribution is -2.21. The van der Waals surface area contributed by atoms with Gasteiger partial charge >= 0.3 is 6.03 Å². The number of urea groups is 1. The van der Waals surface area contributed by atoms with E-state index in [-0.39, 0.29) is 11.4 Å². The highest BCUT2D eigenvalue weighted by molar-refractivity contribution is 7.99. The van der Waals surface area contributed by atoms with Gasteiger partial charge in [-0.15, -0.1) is 0 Å². The molecule has 3 aromatic carbocycles. The highest BCUT2D eigenvalue weighted by atomic mass is 32.2. The highest BCUT2D eigenvalue weighted by Gasteiger charge is 2.21. The number of carbonyl (C=O) groups excluding carboxylic acids is 1. The van der Waals surface area contributed by atoms with Crippen LogP contribution in [0.25, 0.3) is 20.9 Å². The molecule has 0 aliphatic carbocycles. The number of carbonyl (C=O) groups is 1. The Hall–Kier alpha value is -4.28.